The van der Waals surface area contributed by atoms with Crippen molar-refractivity contribution in [2.45, 2.75) is 52.4 Å². The van der Waals surface area contributed by atoms with Gasteiger partial charge in [-0.1, -0.05) is 24.3 Å². The highest BCUT2D eigenvalue weighted by atomic mass is 16.3. The highest BCUT2D eigenvalue weighted by molar-refractivity contribution is 5.95. The van der Waals surface area contributed by atoms with Gasteiger partial charge in [0.1, 0.15) is 0 Å². The Hall–Kier alpha value is -1.15. The fourth-order valence-electron chi connectivity index (χ4n) is 2.32. The Morgan fingerprint density at radius 2 is 2.16 bits per heavy atom. The zero-order valence-electron chi connectivity index (χ0n) is 12.2. The van der Waals surface area contributed by atoms with E-state index in [2.05, 4.69) is 12.7 Å². The van der Waals surface area contributed by atoms with Crippen LogP contribution in [0.1, 0.15) is 52.4 Å². The summed E-state index contributed by atoms with van der Waals surface area (Å²) in [6.07, 6.45) is 10.7. The van der Waals surface area contributed by atoms with Gasteiger partial charge in [0.25, 0.3) is 0 Å². The summed E-state index contributed by atoms with van der Waals surface area (Å²) in [6.45, 7) is 8.01. The Balaban J connectivity index is 0.000000200. The summed E-state index contributed by atoms with van der Waals surface area (Å²) < 4.78 is 0. The Bertz CT molecular complexity index is 388. The molecule has 0 bridgehead atoms. The molecule has 0 aromatic heterocycles. The third-order valence-electron chi connectivity index (χ3n) is 3.87. The van der Waals surface area contributed by atoms with Crippen LogP contribution in [0.3, 0.4) is 0 Å². The molecule has 2 aliphatic carbocycles. The van der Waals surface area contributed by atoms with Gasteiger partial charge in [-0.15, -0.1) is 0 Å². The maximum atomic E-state index is 11.2. The van der Waals surface area contributed by atoms with E-state index in [0.717, 1.165) is 24.0 Å². The smallest absolute Gasteiger partial charge is 0.158 e. The van der Waals surface area contributed by atoms with Crippen LogP contribution in [0.15, 0.2) is 35.5 Å². The molecule has 1 atom stereocenters. The van der Waals surface area contributed by atoms with Crippen LogP contribution in [0.25, 0.3) is 0 Å². The van der Waals surface area contributed by atoms with Gasteiger partial charge in [0.2, 0.25) is 0 Å². The molecule has 1 unspecified atom stereocenters. The highest BCUT2D eigenvalue weighted by Crippen LogP contribution is 2.25. The van der Waals surface area contributed by atoms with Gasteiger partial charge in [-0.3, -0.25) is 4.79 Å². The van der Waals surface area contributed by atoms with Crippen LogP contribution < -0.4 is 0 Å². The van der Waals surface area contributed by atoms with Gasteiger partial charge in [0.15, 0.2) is 5.78 Å². The minimum absolute atomic E-state index is 0.278. The van der Waals surface area contributed by atoms with Crippen LogP contribution in [-0.2, 0) is 4.79 Å². The lowest BCUT2D eigenvalue weighted by Crippen LogP contribution is -2.14. The van der Waals surface area contributed by atoms with Gasteiger partial charge in [-0.2, -0.15) is 0 Å². The Morgan fingerprint density at radius 3 is 2.58 bits per heavy atom. The molecular formula is C17H26O2. The van der Waals surface area contributed by atoms with Crippen molar-refractivity contribution >= 4 is 5.78 Å². The number of hydrogen-bond donors (Lipinski definition) is 1. The van der Waals surface area contributed by atoms with E-state index in [1.54, 1.807) is 0 Å². The molecule has 0 amide bonds. The van der Waals surface area contributed by atoms with Crippen LogP contribution >= 0.6 is 0 Å². The van der Waals surface area contributed by atoms with E-state index < -0.39 is 0 Å². The molecule has 0 spiro atoms. The Morgan fingerprint density at radius 1 is 1.42 bits per heavy atom. The number of aliphatic hydroxyl groups excluding tert-OH is 1. The van der Waals surface area contributed by atoms with Crippen LogP contribution in [-0.4, -0.2) is 17.5 Å². The average molecular weight is 262 g/mol. The lowest BCUT2D eigenvalue weighted by Gasteiger charge is -2.18. The maximum absolute atomic E-state index is 11.2. The monoisotopic (exact) mass is 262 g/mol. The first kappa shape index (κ1) is 15.9. The molecule has 0 heterocycles. The molecule has 19 heavy (non-hydrogen) atoms. The summed E-state index contributed by atoms with van der Waals surface area (Å²) >= 11 is 0. The zero-order chi connectivity index (χ0) is 14.3. The summed E-state index contributed by atoms with van der Waals surface area (Å²) in [4.78, 5) is 11.2. The molecule has 0 aliphatic heterocycles. The number of aliphatic hydroxyl groups is 1. The molecule has 0 saturated heterocycles. The average Bonchev–Trinajstić information content (AvgIpc) is 2.43. The predicted octanol–water partition coefficient (Wildman–Crippen LogP) is 3.97. The molecule has 2 heteroatoms. The van der Waals surface area contributed by atoms with Crippen molar-refractivity contribution in [3.05, 3.63) is 35.5 Å². The van der Waals surface area contributed by atoms with Crippen molar-refractivity contribution in [2.75, 3.05) is 6.61 Å². The van der Waals surface area contributed by atoms with E-state index in [4.69, 9.17) is 5.11 Å². The van der Waals surface area contributed by atoms with Crippen molar-refractivity contribution in [2.24, 2.45) is 5.92 Å². The summed E-state index contributed by atoms with van der Waals surface area (Å²) in [7, 11) is 0. The maximum Gasteiger partial charge on any atom is 0.158 e. The van der Waals surface area contributed by atoms with Gasteiger partial charge >= 0.3 is 0 Å². The second-order valence-electron chi connectivity index (χ2n) is 5.56. The first-order valence-electron chi connectivity index (χ1n) is 7.18. The lowest BCUT2D eigenvalue weighted by atomic mass is 9.85. The highest BCUT2D eigenvalue weighted by Gasteiger charge is 2.19. The standard InChI is InChI=1S/C10H14O.C7H12O/c1-7(2)9-5-4-8(3)10(11)6-9;8-6-7-4-2-1-3-5-7/h4,9H,1,5-6H2,2-3H3;4,8H,1-3,5-6H2. The topological polar surface area (TPSA) is 37.3 Å². The molecule has 106 valence electrons. The normalized spacial score (nSPS) is 22.9. The van der Waals surface area contributed by atoms with E-state index in [-0.39, 0.29) is 12.4 Å². The fourth-order valence-corrected chi connectivity index (χ4v) is 2.32. The number of hydrogen-bond acceptors (Lipinski definition) is 2. The van der Waals surface area contributed by atoms with Crippen molar-refractivity contribution in [1.29, 1.82) is 0 Å². The van der Waals surface area contributed by atoms with Crippen LogP contribution in [0.4, 0.5) is 0 Å². The largest absolute Gasteiger partial charge is 0.392 e. The zero-order valence-corrected chi connectivity index (χ0v) is 12.2. The molecule has 2 rings (SSSR count). The summed E-state index contributed by atoms with van der Waals surface area (Å²) in [5.41, 5.74) is 3.28. The second kappa shape index (κ2) is 8.11. The number of ketones is 1. The first-order valence-corrected chi connectivity index (χ1v) is 7.18. The van der Waals surface area contributed by atoms with E-state index in [1.807, 2.05) is 19.9 Å². The number of carbonyl (C=O) groups is 1. The third-order valence-corrected chi connectivity index (χ3v) is 3.87. The van der Waals surface area contributed by atoms with Gasteiger partial charge in [0.05, 0.1) is 6.61 Å². The molecule has 2 aliphatic rings. The SMILES string of the molecule is C=C(C)C1CC=C(C)C(=O)C1.OCC1=CCCCC1. The second-order valence-corrected chi connectivity index (χ2v) is 5.56. The predicted molar refractivity (Wildman–Crippen MR) is 79.9 cm³/mol. The number of allylic oxidation sites excluding steroid dienone is 4. The summed E-state index contributed by atoms with van der Waals surface area (Å²) in [5.74, 6) is 0.676. The molecule has 1 N–H and O–H groups in total. The van der Waals surface area contributed by atoms with Crippen molar-refractivity contribution in [3.63, 3.8) is 0 Å². The number of carbonyl (C=O) groups excluding carboxylic acids is 1. The quantitative estimate of drug-likeness (QED) is 0.765. The van der Waals surface area contributed by atoms with Crippen molar-refractivity contribution in [3.8, 4) is 0 Å². The van der Waals surface area contributed by atoms with Crippen LogP contribution in [0, 0.1) is 5.92 Å². The molecule has 0 fully saturated rings. The number of Topliss-reactive ketones (excluding diaryl/α,β-unsaturated/α-hetero) is 1. The van der Waals surface area contributed by atoms with Crippen molar-refractivity contribution < 1.29 is 9.90 Å². The van der Waals surface area contributed by atoms with Crippen LogP contribution in [0.2, 0.25) is 0 Å². The van der Waals surface area contributed by atoms with E-state index in [0.29, 0.717) is 12.3 Å². The molecular weight excluding hydrogens is 236 g/mol. The van der Waals surface area contributed by atoms with Gasteiger partial charge in [-0.25, -0.2) is 0 Å². The lowest BCUT2D eigenvalue weighted by molar-refractivity contribution is -0.116. The van der Waals surface area contributed by atoms with Gasteiger partial charge < -0.3 is 5.11 Å². The molecule has 0 saturated carbocycles. The first-order chi connectivity index (χ1) is 9.04. The molecule has 0 radical (unpaired) electrons. The van der Waals surface area contributed by atoms with Crippen LogP contribution in [0.5, 0.6) is 0 Å². The Kier molecular flexibility index (Phi) is 6.79. The summed E-state index contributed by atoms with van der Waals surface area (Å²) in [5, 5.41) is 8.62. The van der Waals surface area contributed by atoms with E-state index >= 15 is 0 Å². The van der Waals surface area contributed by atoms with E-state index in [9.17, 15) is 4.79 Å². The minimum atomic E-state index is 0.278. The third kappa shape index (κ3) is 5.56. The minimum Gasteiger partial charge on any atom is -0.392 e. The molecule has 2 nitrogen and oxygen atoms in total. The Labute approximate surface area is 116 Å². The van der Waals surface area contributed by atoms with Crippen molar-refractivity contribution in [1.82, 2.24) is 0 Å². The fraction of sp³-hybridized carbons (Fsp3) is 0.588. The molecule has 0 aromatic carbocycles. The van der Waals surface area contributed by atoms with E-state index in [1.165, 1.54) is 24.8 Å². The summed E-state index contributed by atoms with van der Waals surface area (Å²) in [6, 6.07) is 0. The number of rotatable bonds is 2. The van der Waals surface area contributed by atoms with Gasteiger partial charge in [0, 0.05) is 6.42 Å². The van der Waals surface area contributed by atoms with Gasteiger partial charge in [-0.05, 0) is 63.0 Å². The molecule has 0 aromatic rings.